The number of rotatable bonds is 5. The molecule has 0 fully saturated rings. The number of benzene rings is 1. The standard InChI is InChI=1S/C12H15BrN4O2S/c1-7-15-16-12(20)17(7)14-6-8-4-9(13)5-10(18-2)11(8)19-3/h4-5,14H,6H2,1-3H3,(H,16,20). The summed E-state index contributed by atoms with van der Waals surface area (Å²) in [5.74, 6) is 2.12. The molecule has 20 heavy (non-hydrogen) atoms. The van der Waals surface area contributed by atoms with Gasteiger partial charge in [-0.05, 0) is 31.3 Å². The zero-order valence-electron chi connectivity index (χ0n) is 11.4. The van der Waals surface area contributed by atoms with Crippen LogP contribution in [0.25, 0.3) is 0 Å². The first-order chi connectivity index (χ1) is 9.56. The van der Waals surface area contributed by atoms with Gasteiger partial charge < -0.3 is 14.9 Å². The zero-order chi connectivity index (χ0) is 14.7. The largest absolute Gasteiger partial charge is 0.493 e. The molecule has 0 amide bonds. The van der Waals surface area contributed by atoms with Gasteiger partial charge in [0.15, 0.2) is 11.5 Å². The number of aromatic amines is 1. The number of hydrogen-bond acceptors (Lipinski definition) is 5. The highest BCUT2D eigenvalue weighted by Crippen LogP contribution is 2.34. The van der Waals surface area contributed by atoms with E-state index in [1.165, 1.54) is 0 Å². The zero-order valence-corrected chi connectivity index (χ0v) is 13.8. The van der Waals surface area contributed by atoms with E-state index in [1.807, 2.05) is 19.1 Å². The van der Waals surface area contributed by atoms with Crippen LogP contribution in [0, 0.1) is 11.7 Å². The molecule has 0 aliphatic carbocycles. The van der Waals surface area contributed by atoms with Crippen LogP contribution in [0.15, 0.2) is 16.6 Å². The van der Waals surface area contributed by atoms with Gasteiger partial charge in [-0.1, -0.05) is 15.9 Å². The smallest absolute Gasteiger partial charge is 0.214 e. The van der Waals surface area contributed by atoms with E-state index in [9.17, 15) is 0 Å². The summed E-state index contributed by atoms with van der Waals surface area (Å²) in [6, 6.07) is 3.82. The molecule has 108 valence electrons. The lowest BCUT2D eigenvalue weighted by molar-refractivity contribution is 0.351. The highest BCUT2D eigenvalue weighted by molar-refractivity contribution is 9.10. The van der Waals surface area contributed by atoms with Crippen LogP contribution in [0.5, 0.6) is 11.5 Å². The first-order valence-corrected chi connectivity index (χ1v) is 7.05. The number of nitrogens with zero attached hydrogens (tertiary/aromatic N) is 2. The third-order valence-electron chi connectivity index (χ3n) is 2.79. The van der Waals surface area contributed by atoms with Crippen LogP contribution in [-0.4, -0.2) is 29.1 Å². The molecule has 0 saturated heterocycles. The first-order valence-electron chi connectivity index (χ1n) is 5.85. The van der Waals surface area contributed by atoms with Crippen molar-refractivity contribution in [3.63, 3.8) is 0 Å². The third kappa shape index (κ3) is 2.96. The maximum Gasteiger partial charge on any atom is 0.214 e. The minimum Gasteiger partial charge on any atom is -0.493 e. The van der Waals surface area contributed by atoms with Gasteiger partial charge in [-0.2, -0.15) is 5.10 Å². The van der Waals surface area contributed by atoms with Gasteiger partial charge in [0.05, 0.1) is 20.8 Å². The summed E-state index contributed by atoms with van der Waals surface area (Å²) in [5.41, 5.74) is 4.14. The molecule has 0 atom stereocenters. The number of aromatic nitrogens is 3. The fourth-order valence-electron chi connectivity index (χ4n) is 1.86. The van der Waals surface area contributed by atoms with Gasteiger partial charge in [0.1, 0.15) is 5.82 Å². The molecule has 0 saturated carbocycles. The molecule has 8 heteroatoms. The van der Waals surface area contributed by atoms with Gasteiger partial charge in [-0.25, -0.2) is 4.68 Å². The van der Waals surface area contributed by atoms with E-state index in [0.29, 0.717) is 22.8 Å². The third-order valence-corrected chi connectivity index (χ3v) is 3.52. The summed E-state index contributed by atoms with van der Waals surface area (Å²) in [5, 5.41) is 6.76. The lowest BCUT2D eigenvalue weighted by atomic mass is 10.2. The van der Waals surface area contributed by atoms with Crippen molar-refractivity contribution in [2.24, 2.45) is 0 Å². The average molecular weight is 359 g/mol. The predicted molar refractivity (Wildman–Crippen MR) is 82.5 cm³/mol. The molecule has 6 nitrogen and oxygen atoms in total. The van der Waals surface area contributed by atoms with Crippen LogP contribution < -0.4 is 14.9 Å². The van der Waals surface area contributed by atoms with E-state index in [0.717, 1.165) is 15.9 Å². The second kappa shape index (κ2) is 6.27. The van der Waals surface area contributed by atoms with E-state index >= 15 is 0 Å². The van der Waals surface area contributed by atoms with E-state index in [4.69, 9.17) is 21.7 Å². The molecule has 0 radical (unpaired) electrons. The SMILES string of the molecule is COc1cc(Br)cc(CNn2c(C)n[nH]c2=S)c1OC. The molecule has 2 aromatic rings. The minimum atomic E-state index is 0.517. The monoisotopic (exact) mass is 358 g/mol. The van der Waals surface area contributed by atoms with E-state index in [1.54, 1.807) is 18.9 Å². The van der Waals surface area contributed by atoms with Crippen molar-refractivity contribution in [1.82, 2.24) is 14.9 Å². The summed E-state index contributed by atoms with van der Waals surface area (Å²) < 4.78 is 13.9. The Morgan fingerprint density at radius 2 is 2.15 bits per heavy atom. The molecule has 2 N–H and O–H groups in total. The lowest BCUT2D eigenvalue weighted by Gasteiger charge is -2.15. The Morgan fingerprint density at radius 3 is 2.70 bits per heavy atom. The van der Waals surface area contributed by atoms with Gasteiger partial charge in [0.25, 0.3) is 0 Å². The van der Waals surface area contributed by atoms with E-state index < -0.39 is 0 Å². The highest BCUT2D eigenvalue weighted by atomic mass is 79.9. The second-order valence-electron chi connectivity index (χ2n) is 4.05. The van der Waals surface area contributed by atoms with Crippen molar-refractivity contribution in [3.8, 4) is 11.5 Å². The van der Waals surface area contributed by atoms with Gasteiger partial charge >= 0.3 is 0 Å². The molecule has 0 aliphatic heterocycles. The number of nitrogens with one attached hydrogen (secondary N) is 2. The predicted octanol–water partition coefficient (Wildman–Crippen LogP) is 2.77. The topological polar surface area (TPSA) is 64.1 Å². The Kier molecular flexibility index (Phi) is 4.66. The molecule has 0 bridgehead atoms. The average Bonchev–Trinajstić information content (AvgIpc) is 2.75. The quantitative estimate of drug-likeness (QED) is 0.804. The Balaban J connectivity index is 2.29. The van der Waals surface area contributed by atoms with Crippen molar-refractivity contribution >= 4 is 28.1 Å². The number of aryl methyl sites for hydroxylation is 1. The number of halogens is 1. The summed E-state index contributed by atoms with van der Waals surface area (Å²) in [7, 11) is 3.22. The van der Waals surface area contributed by atoms with Crippen LogP contribution in [0.1, 0.15) is 11.4 Å². The number of H-pyrrole nitrogens is 1. The molecule has 1 aromatic heterocycles. The minimum absolute atomic E-state index is 0.517. The highest BCUT2D eigenvalue weighted by Gasteiger charge is 2.12. The number of methoxy groups -OCH3 is 2. The maximum atomic E-state index is 5.41. The second-order valence-corrected chi connectivity index (χ2v) is 5.35. The summed E-state index contributed by atoms with van der Waals surface area (Å²) in [4.78, 5) is 0. The van der Waals surface area contributed by atoms with E-state index in [-0.39, 0.29) is 0 Å². The molecule has 1 heterocycles. The lowest BCUT2D eigenvalue weighted by Crippen LogP contribution is -2.16. The Morgan fingerprint density at radius 1 is 1.40 bits per heavy atom. The van der Waals surface area contributed by atoms with Crippen LogP contribution in [0.4, 0.5) is 0 Å². The van der Waals surface area contributed by atoms with Crippen molar-refractivity contribution < 1.29 is 9.47 Å². The molecular formula is C12H15BrN4O2S. The maximum absolute atomic E-state index is 5.41. The summed E-state index contributed by atoms with van der Waals surface area (Å²) >= 11 is 8.60. The Labute approximate surface area is 130 Å². The van der Waals surface area contributed by atoms with Crippen LogP contribution in [-0.2, 0) is 6.54 Å². The van der Waals surface area contributed by atoms with Crippen molar-refractivity contribution in [2.75, 3.05) is 19.6 Å². The van der Waals surface area contributed by atoms with Crippen LogP contribution >= 0.6 is 28.1 Å². The molecule has 0 unspecified atom stereocenters. The summed E-state index contributed by atoms with van der Waals surface area (Å²) in [6.45, 7) is 2.38. The van der Waals surface area contributed by atoms with Gasteiger partial charge in [0.2, 0.25) is 4.77 Å². The van der Waals surface area contributed by atoms with Crippen LogP contribution in [0.3, 0.4) is 0 Å². The van der Waals surface area contributed by atoms with Crippen molar-refractivity contribution in [1.29, 1.82) is 0 Å². The van der Waals surface area contributed by atoms with E-state index in [2.05, 4.69) is 31.6 Å². The fourth-order valence-corrected chi connectivity index (χ4v) is 2.59. The Bertz CT molecular complexity index is 668. The van der Waals surface area contributed by atoms with Crippen LogP contribution in [0.2, 0.25) is 0 Å². The van der Waals surface area contributed by atoms with Gasteiger partial charge in [-0.3, -0.25) is 5.10 Å². The fraction of sp³-hybridized carbons (Fsp3) is 0.333. The van der Waals surface area contributed by atoms with Gasteiger partial charge in [0, 0.05) is 10.0 Å². The van der Waals surface area contributed by atoms with Gasteiger partial charge in [-0.15, -0.1) is 0 Å². The summed E-state index contributed by atoms with van der Waals surface area (Å²) in [6.07, 6.45) is 0. The first kappa shape index (κ1) is 14.9. The number of hydrogen-bond donors (Lipinski definition) is 2. The van der Waals surface area contributed by atoms with Crippen molar-refractivity contribution in [2.45, 2.75) is 13.5 Å². The molecule has 0 aliphatic rings. The normalized spacial score (nSPS) is 10.4. The molecular weight excluding hydrogens is 344 g/mol. The molecule has 0 spiro atoms. The Hall–Kier alpha value is -1.54. The van der Waals surface area contributed by atoms with Crippen molar-refractivity contribution in [3.05, 3.63) is 32.8 Å². The molecule has 1 aromatic carbocycles. The molecule has 2 rings (SSSR count). The number of ether oxygens (including phenoxy) is 2.